The molecular formula is C13H16ClN3S. The van der Waals surface area contributed by atoms with Crippen molar-refractivity contribution >= 4 is 29.2 Å². The van der Waals surface area contributed by atoms with Gasteiger partial charge in [0.25, 0.3) is 0 Å². The van der Waals surface area contributed by atoms with Gasteiger partial charge in [0.1, 0.15) is 5.82 Å². The van der Waals surface area contributed by atoms with Crippen LogP contribution in [-0.2, 0) is 0 Å². The predicted molar refractivity (Wildman–Crippen MR) is 78.7 cm³/mol. The van der Waals surface area contributed by atoms with E-state index in [2.05, 4.69) is 12.0 Å². The van der Waals surface area contributed by atoms with E-state index in [1.54, 1.807) is 16.4 Å². The molecule has 2 rings (SSSR count). The summed E-state index contributed by atoms with van der Waals surface area (Å²) in [6.45, 7) is 4.12. The fourth-order valence-electron chi connectivity index (χ4n) is 1.59. The highest BCUT2D eigenvalue weighted by molar-refractivity contribution is 7.99. The second-order valence-electron chi connectivity index (χ2n) is 4.09. The van der Waals surface area contributed by atoms with Crippen LogP contribution in [0.2, 0.25) is 5.02 Å². The van der Waals surface area contributed by atoms with Crippen LogP contribution in [0.3, 0.4) is 0 Å². The van der Waals surface area contributed by atoms with Crippen molar-refractivity contribution in [2.24, 2.45) is 0 Å². The number of rotatable bonds is 4. The number of thioether (sulfide) groups is 1. The van der Waals surface area contributed by atoms with Crippen molar-refractivity contribution in [2.75, 3.05) is 11.5 Å². The summed E-state index contributed by atoms with van der Waals surface area (Å²) < 4.78 is 1.73. The maximum Gasteiger partial charge on any atom is 0.140 e. The minimum atomic E-state index is 0.674. The van der Waals surface area contributed by atoms with Crippen LogP contribution < -0.4 is 5.73 Å². The highest BCUT2D eigenvalue weighted by atomic mass is 35.5. The number of hydrogen-bond acceptors (Lipinski definition) is 3. The van der Waals surface area contributed by atoms with Gasteiger partial charge < -0.3 is 5.73 Å². The Hall–Kier alpha value is -1.13. The SMILES string of the molecule is CCCSc1cnn(-c2ccc(C)c(Cl)c2)c1N. The molecule has 96 valence electrons. The molecule has 1 aromatic heterocycles. The topological polar surface area (TPSA) is 43.8 Å². The zero-order valence-corrected chi connectivity index (χ0v) is 12.1. The Morgan fingerprint density at radius 1 is 1.44 bits per heavy atom. The molecule has 3 nitrogen and oxygen atoms in total. The van der Waals surface area contributed by atoms with Crippen LogP contribution in [0.15, 0.2) is 29.3 Å². The molecule has 0 bridgehead atoms. The molecule has 5 heteroatoms. The van der Waals surface area contributed by atoms with Crippen molar-refractivity contribution in [1.29, 1.82) is 0 Å². The van der Waals surface area contributed by atoms with E-state index in [1.165, 1.54) is 0 Å². The average molecular weight is 282 g/mol. The van der Waals surface area contributed by atoms with Crippen LogP contribution in [-0.4, -0.2) is 15.5 Å². The summed E-state index contributed by atoms with van der Waals surface area (Å²) in [5, 5.41) is 5.05. The maximum absolute atomic E-state index is 6.12. The first-order valence-electron chi connectivity index (χ1n) is 5.86. The van der Waals surface area contributed by atoms with Gasteiger partial charge in [-0.3, -0.25) is 0 Å². The molecule has 1 aromatic carbocycles. The van der Waals surface area contributed by atoms with Gasteiger partial charge in [-0.1, -0.05) is 24.6 Å². The van der Waals surface area contributed by atoms with Gasteiger partial charge in [-0.15, -0.1) is 11.8 Å². The van der Waals surface area contributed by atoms with Gasteiger partial charge in [0.15, 0.2) is 0 Å². The van der Waals surface area contributed by atoms with E-state index in [1.807, 2.05) is 31.3 Å². The monoisotopic (exact) mass is 281 g/mol. The van der Waals surface area contributed by atoms with Crippen LogP contribution in [0.25, 0.3) is 5.69 Å². The Morgan fingerprint density at radius 3 is 2.89 bits per heavy atom. The van der Waals surface area contributed by atoms with E-state index < -0.39 is 0 Å². The first-order valence-corrected chi connectivity index (χ1v) is 7.22. The molecule has 18 heavy (non-hydrogen) atoms. The molecule has 0 saturated carbocycles. The maximum atomic E-state index is 6.12. The van der Waals surface area contributed by atoms with Crippen molar-refractivity contribution in [3.8, 4) is 5.69 Å². The summed E-state index contributed by atoms with van der Waals surface area (Å²) in [7, 11) is 0. The molecule has 2 N–H and O–H groups in total. The molecule has 0 radical (unpaired) electrons. The molecule has 0 amide bonds. The number of benzene rings is 1. The molecule has 0 aliphatic heterocycles. The first-order chi connectivity index (χ1) is 8.63. The molecule has 0 aliphatic rings. The average Bonchev–Trinajstić information content (AvgIpc) is 2.72. The van der Waals surface area contributed by atoms with Crippen molar-refractivity contribution in [3.63, 3.8) is 0 Å². The lowest BCUT2D eigenvalue weighted by Gasteiger charge is -2.06. The van der Waals surface area contributed by atoms with Crippen LogP contribution in [0.5, 0.6) is 0 Å². The van der Waals surface area contributed by atoms with E-state index in [9.17, 15) is 0 Å². The van der Waals surface area contributed by atoms with Crippen molar-refractivity contribution in [3.05, 3.63) is 35.0 Å². The number of nitrogens with two attached hydrogens (primary N) is 1. The van der Waals surface area contributed by atoms with Crippen molar-refractivity contribution in [2.45, 2.75) is 25.2 Å². The zero-order chi connectivity index (χ0) is 13.1. The van der Waals surface area contributed by atoms with Crippen molar-refractivity contribution in [1.82, 2.24) is 9.78 Å². The normalized spacial score (nSPS) is 10.8. The number of aryl methyl sites for hydroxylation is 1. The third-order valence-corrected chi connectivity index (χ3v) is 4.28. The molecule has 0 saturated heterocycles. The van der Waals surface area contributed by atoms with E-state index in [0.717, 1.165) is 33.3 Å². The molecule has 1 heterocycles. The Kier molecular flexibility index (Phi) is 4.19. The summed E-state index contributed by atoms with van der Waals surface area (Å²) >= 11 is 7.85. The highest BCUT2D eigenvalue weighted by Crippen LogP contribution is 2.28. The van der Waals surface area contributed by atoms with Gasteiger partial charge in [-0.25, -0.2) is 4.68 Å². The summed E-state index contributed by atoms with van der Waals surface area (Å²) in [6, 6.07) is 5.82. The predicted octanol–water partition coefficient (Wildman–Crippen LogP) is 3.92. The number of hydrogen-bond donors (Lipinski definition) is 1. The van der Waals surface area contributed by atoms with E-state index in [0.29, 0.717) is 5.82 Å². The van der Waals surface area contributed by atoms with Gasteiger partial charge in [-0.05, 0) is 36.8 Å². The molecule has 0 atom stereocenters. The number of nitrogens with zero attached hydrogens (tertiary/aromatic N) is 2. The van der Waals surface area contributed by atoms with Crippen LogP contribution in [0.1, 0.15) is 18.9 Å². The number of nitrogen functional groups attached to an aromatic ring is 1. The summed E-state index contributed by atoms with van der Waals surface area (Å²) in [4.78, 5) is 1.02. The minimum absolute atomic E-state index is 0.674. The molecule has 0 fully saturated rings. The first kappa shape index (κ1) is 13.3. The Balaban J connectivity index is 2.33. The van der Waals surface area contributed by atoms with E-state index in [4.69, 9.17) is 17.3 Å². The Morgan fingerprint density at radius 2 is 2.22 bits per heavy atom. The third kappa shape index (κ3) is 2.65. The van der Waals surface area contributed by atoms with Gasteiger partial charge in [0.05, 0.1) is 16.8 Å². The van der Waals surface area contributed by atoms with Crippen LogP contribution in [0.4, 0.5) is 5.82 Å². The second kappa shape index (κ2) is 5.67. The lowest BCUT2D eigenvalue weighted by Crippen LogP contribution is -2.02. The standard InChI is InChI=1S/C13H16ClN3S/c1-3-6-18-12-8-16-17(13(12)15)10-5-4-9(2)11(14)7-10/h4-5,7-8H,3,6,15H2,1-2H3. The summed E-state index contributed by atoms with van der Waals surface area (Å²) in [5.41, 5.74) is 8.04. The summed E-state index contributed by atoms with van der Waals surface area (Å²) in [5.74, 6) is 1.72. The van der Waals surface area contributed by atoms with Crippen molar-refractivity contribution < 1.29 is 0 Å². The quantitative estimate of drug-likeness (QED) is 0.864. The molecule has 2 aromatic rings. The molecule has 0 aliphatic carbocycles. The molecule has 0 unspecified atom stereocenters. The van der Waals surface area contributed by atoms with E-state index >= 15 is 0 Å². The lowest BCUT2D eigenvalue weighted by molar-refractivity contribution is 0.890. The number of halogens is 1. The molecule has 0 spiro atoms. The smallest absolute Gasteiger partial charge is 0.140 e. The van der Waals surface area contributed by atoms with E-state index in [-0.39, 0.29) is 0 Å². The Bertz CT molecular complexity index is 551. The number of aromatic nitrogens is 2. The molecular weight excluding hydrogens is 266 g/mol. The fourth-order valence-corrected chi connectivity index (χ4v) is 2.54. The van der Waals surface area contributed by atoms with Gasteiger partial charge in [-0.2, -0.15) is 5.10 Å². The minimum Gasteiger partial charge on any atom is -0.383 e. The van der Waals surface area contributed by atoms with Crippen LogP contribution in [0, 0.1) is 6.92 Å². The zero-order valence-electron chi connectivity index (χ0n) is 10.5. The fraction of sp³-hybridized carbons (Fsp3) is 0.308. The number of anilines is 1. The van der Waals surface area contributed by atoms with Crippen LogP contribution >= 0.6 is 23.4 Å². The Labute approximate surface area is 116 Å². The summed E-state index contributed by atoms with van der Waals surface area (Å²) in [6.07, 6.45) is 2.93. The largest absolute Gasteiger partial charge is 0.383 e. The third-order valence-electron chi connectivity index (χ3n) is 2.63. The lowest BCUT2D eigenvalue weighted by atomic mass is 10.2. The van der Waals surface area contributed by atoms with Gasteiger partial charge >= 0.3 is 0 Å². The van der Waals surface area contributed by atoms with Gasteiger partial charge in [0.2, 0.25) is 0 Å². The highest BCUT2D eigenvalue weighted by Gasteiger charge is 2.10. The van der Waals surface area contributed by atoms with Gasteiger partial charge in [0, 0.05) is 5.02 Å². The second-order valence-corrected chi connectivity index (χ2v) is 5.63.